The van der Waals surface area contributed by atoms with E-state index < -0.39 is 9.05 Å². The van der Waals surface area contributed by atoms with Gasteiger partial charge in [-0.2, -0.15) is 0 Å². The molecule has 0 heterocycles. The third-order valence-corrected chi connectivity index (χ3v) is 0. The summed E-state index contributed by atoms with van der Waals surface area (Å²) in [7, 11) is -4.61. The minimum atomic E-state index is -4.61. The van der Waals surface area contributed by atoms with Gasteiger partial charge in [0, 0.05) is 0 Å². The topological polar surface area (TPSA) is 80.9 Å². The molecular formula is C2H7NaO4Si. The first-order chi connectivity index (χ1) is 3.00. The molecule has 8 heavy (non-hydrogen) atoms. The van der Waals surface area contributed by atoms with Crippen molar-refractivity contribution in [2.75, 3.05) is 0 Å². The summed E-state index contributed by atoms with van der Waals surface area (Å²) in [5, 5.41) is 0. The molecule has 0 aromatic heterocycles. The van der Waals surface area contributed by atoms with Gasteiger partial charge in [0.2, 0.25) is 0 Å². The zero-order chi connectivity index (χ0) is 6.50. The Morgan fingerprint density at radius 2 is 1.00 bits per heavy atom. The van der Waals surface area contributed by atoms with Crippen LogP contribution in [0.4, 0.5) is 0 Å². The van der Waals surface area contributed by atoms with Gasteiger partial charge < -0.3 is 25.8 Å². The Balaban J connectivity index is -0.0000000750. The number of rotatable bonds is 0. The van der Waals surface area contributed by atoms with Crippen LogP contribution in [0.1, 0.15) is 0 Å². The second-order valence-corrected chi connectivity index (χ2v) is 1.80. The van der Waals surface area contributed by atoms with E-state index >= 15 is 0 Å². The first-order valence-corrected chi connectivity index (χ1v) is 3.09. The molecule has 0 fully saturated rings. The van der Waals surface area contributed by atoms with Crippen LogP contribution in [0.2, 0.25) is 0 Å². The Morgan fingerprint density at radius 3 is 1.00 bits per heavy atom. The van der Waals surface area contributed by atoms with E-state index in [9.17, 15) is 0 Å². The van der Waals surface area contributed by atoms with Crippen LogP contribution >= 0.6 is 0 Å². The molecule has 44 valence electrons. The van der Waals surface area contributed by atoms with Gasteiger partial charge in [-0.25, -0.2) is 0 Å². The summed E-state index contributed by atoms with van der Waals surface area (Å²) in [5.74, 6) is 0. The molecule has 0 amide bonds. The van der Waals surface area contributed by atoms with Crippen molar-refractivity contribution >= 4 is 9.05 Å². The first kappa shape index (κ1) is 15.9. The maximum absolute atomic E-state index is 7.33. The maximum atomic E-state index is 7.33. The average Bonchev–Trinajstić information content (AvgIpc) is 1.36. The van der Waals surface area contributed by atoms with E-state index in [-0.39, 0.29) is 29.6 Å². The summed E-state index contributed by atoms with van der Waals surface area (Å²) in [4.78, 5) is 29.3. The summed E-state index contributed by atoms with van der Waals surface area (Å²) in [6, 6.07) is 0. The fourth-order valence-electron chi connectivity index (χ4n) is 0. The molecule has 0 unspecified atom stereocenters. The van der Waals surface area contributed by atoms with E-state index in [0.717, 1.165) is 0 Å². The van der Waals surface area contributed by atoms with E-state index in [1.54, 1.807) is 0 Å². The minimum Gasteiger partial charge on any atom is -0.521 e. The molecule has 6 heteroatoms. The molecule has 0 spiro atoms. The van der Waals surface area contributed by atoms with Crippen LogP contribution in [0.5, 0.6) is 0 Å². The van der Waals surface area contributed by atoms with Gasteiger partial charge in [0.15, 0.2) is 0 Å². The van der Waals surface area contributed by atoms with Crippen molar-refractivity contribution in [1.82, 2.24) is 0 Å². The van der Waals surface area contributed by atoms with Gasteiger partial charge in [0.05, 0.1) is 0 Å². The van der Waals surface area contributed by atoms with Crippen molar-refractivity contribution < 1.29 is 48.7 Å². The maximum Gasteiger partial charge on any atom is 1.00 e. The second-order valence-electron chi connectivity index (χ2n) is 0.600. The molecule has 0 aromatic carbocycles. The Kier molecular flexibility index (Phi) is 15.5. The Bertz CT molecular complexity index is 37.8. The Morgan fingerprint density at radius 1 is 1.00 bits per heavy atom. The SMILES string of the molecule is O[Si](O)(O)O.[CH-]=C.[Na+]. The smallest absolute Gasteiger partial charge is 0.521 e. The summed E-state index contributed by atoms with van der Waals surface area (Å²) in [6.45, 7) is 7.00. The summed E-state index contributed by atoms with van der Waals surface area (Å²) < 4.78 is 0. The first-order valence-electron chi connectivity index (χ1n) is 1.30. The summed E-state index contributed by atoms with van der Waals surface area (Å²) in [5.41, 5.74) is 0. The molecule has 0 rings (SSSR count). The Hall–Kier alpha value is 0.797. The van der Waals surface area contributed by atoms with Crippen molar-refractivity contribution in [2.24, 2.45) is 0 Å². The van der Waals surface area contributed by atoms with Crippen LogP contribution in [0.15, 0.2) is 6.58 Å². The monoisotopic (exact) mass is 146 g/mol. The molecule has 0 aromatic rings. The number of hydrogen-bond donors (Lipinski definition) is 4. The van der Waals surface area contributed by atoms with Crippen LogP contribution in [-0.4, -0.2) is 28.2 Å². The quantitative estimate of drug-likeness (QED) is 0.204. The van der Waals surface area contributed by atoms with Crippen LogP contribution < -0.4 is 29.6 Å². The van der Waals surface area contributed by atoms with Gasteiger partial charge in [-0.05, 0) is 0 Å². The van der Waals surface area contributed by atoms with Gasteiger partial charge in [-0.1, -0.05) is 0 Å². The van der Waals surface area contributed by atoms with Crippen LogP contribution in [0.25, 0.3) is 0 Å². The van der Waals surface area contributed by atoms with Crippen LogP contribution in [-0.2, 0) is 0 Å². The van der Waals surface area contributed by atoms with E-state index in [1.165, 1.54) is 0 Å². The summed E-state index contributed by atoms with van der Waals surface area (Å²) in [6.07, 6.45) is 0. The molecule has 0 saturated carbocycles. The molecule has 0 aliphatic rings. The fraction of sp³-hybridized carbons (Fsp3) is 0. The molecule has 4 N–H and O–H groups in total. The normalized spacial score (nSPS) is 8.00. The van der Waals surface area contributed by atoms with E-state index in [0.29, 0.717) is 0 Å². The average molecular weight is 146 g/mol. The second kappa shape index (κ2) is 7.80. The third-order valence-electron chi connectivity index (χ3n) is 0. The zero-order valence-electron chi connectivity index (χ0n) is 4.57. The molecule has 0 saturated heterocycles. The van der Waals surface area contributed by atoms with Gasteiger partial charge in [-0.3, -0.25) is 6.58 Å². The largest absolute Gasteiger partial charge is 1.00 e. The van der Waals surface area contributed by atoms with Gasteiger partial charge in [0.25, 0.3) is 0 Å². The van der Waals surface area contributed by atoms with Gasteiger partial charge in [-0.15, -0.1) is 0 Å². The van der Waals surface area contributed by atoms with Crippen LogP contribution in [0, 0.1) is 6.58 Å². The van der Waals surface area contributed by atoms with Crippen molar-refractivity contribution in [3.63, 3.8) is 0 Å². The Labute approximate surface area is 70.9 Å². The number of hydrogen-bond acceptors (Lipinski definition) is 4. The molecule has 0 bridgehead atoms. The van der Waals surface area contributed by atoms with Crippen molar-refractivity contribution in [3.05, 3.63) is 13.2 Å². The molecular weight excluding hydrogens is 139 g/mol. The molecule has 0 radical (unpaired) electrons. The molecule has 0 atom stereocenters. The zero-order valence-corrected chi connectivity index (χ0v) is 7.57. The minimum absolute atomic E-state index is 0. The van der Waals surface area contributed by atoms with E-state index in [4.69, 9.17) is 19.2 Å². The predicted octanol–water partition coefficient (Wildman–Crippen LogP) is -5.00. The van der Waals surface area contributed by atoms with Gasteiger partial charge in [0.1, 0.15) is 0 Å². The summed E-state index contributed by atoms with van der Waals surface area (Å²) >= 11 is 0. The van der Waals surface area contributed by atoms with Crippen molar-refractivity contribution in [1.29, 1.82) is 0 Å². The van der Waals surface area contributed by atoms with Crippen LogP contribution in [0.3, 0.4) is 0 Å². The fourth-order valence-corrected chi connectivity index (χ4v) is 0. The molecule has 0 aliphatic heterocycles. The van der Waals surface area contributed by atoms with Gasteiger partial charge >= 0.3 is 38.6 Å². The van der Waals surface area contributed by atoms with Crippen molar-refractivity contribution in [3.8, 4) is 0 Å². The standard InChI is InChI=1S/C2H3.Na.H4O4Si/c1-2;;1-5(2,3)4/h1H,2H2;;1-4H/q-1;+1;. The third kappa shape index (κ3) is 360. The molecule has 0 aliphatic carbocycles. The van der Waals surface area contributed by atoms with E-state index in [1.807, 2.05) is 0 Å². The predicted molar refractivity (Wildman–Crippen MR) is 24.6 cm³/mol. The van der Waals surface area contributed by atoms with E-state index in [2.05, 4.69) is 13.2 Å². The molecule has 4 nitrogen and oxygen atoms in total. The van der Waals surface area contributed by atoms with Crippen molar-refractivity contribution in [2.45, 2.75) is 0 Å².